The molecular weight excluding hydrogens is 200 g/mol. The standard InChI is InChI=1S/C8H18N4OS/c1-13-4-3-10-8(12-9)11-7-2-5-14-6-7/h7H,2-6,9H2,1H3,(H2,10,11,12). The molecule has 0 saturated carbocycles. The van der Waals surface area contributed by atoms with E-state index in [-0.39, 0.29) is 0 Å². The van der Waals surface area contributed by atoms with E-state index in [0.717, 1.165) is 5.75 Å². The van der Waals surface area contributed by atoms with E-state index >= 15 is 0 Å². The highest BCUT2D eigenvalue weighted by Crippen LogP contribution is 2.16. The summed E-state index contributed by atoms with van der Waals surface area (Å²) in [6.07, 6.45) is 1.18. The van der Waals surface area contributed by atoms with Crippen LogP contribution in [0.3, 0.4) is 0 Å². The summed E-state index contributed by atoms with van der Waals surface area (Å²) in [4.78, 5) is 4.23. The normalized spacial score (nSPS) is 22.4. The predicted molar refractivity (Wildman–Crippen MR) is 60.4 cm³/mol. The number of thioether (sulfide) groups is 1. The topological polar surface area (TPSA) is 71.7 Å². The van der Waals surface area contributed by atoms with Crippen LogP contribution in [0.1, 0.15) is 6.42 Å². The van der Waals surface area contributed by atoms with Gasteiger partial charge in [-0.2, -0.15) is 11.8 Å². The fourth-order valence-corrected chi connectivity index (χ4v) is 2.38. The van der Waals surface area contributed by atoms with Crippen molar-refractivity contribution in [3.63, 3.8) is 0 Å². The molecule has 1 heterocycles. The van der Waals surface area contributed by atoms with Crippen LogP contribution in [-0.2, 0) is 4.74 Å². The lowest BCUT2D eigenvalue weighted by Gasteiger charge is -2.14. The summed E-state index contributed by atoms with van der Waals surface area (Å²) in [5.41, 5.74) is 2.56. The SMILES string of the molecule is COCCN=C(NN)NC1CCSC1. The summed E-state index contributed by atoms with van der Waals surface area (Å²) in [5, 5.41) is 3.26. The Bertz CT molecular complexity index is 182. The molecule has 0 aromatic heterocycles. The summed E-state index contributed by atoms with van der Waals surface area (Å²) in [6.45, 7) is 1.25. The number of hydrogen-bond acceptors (Lipinski definition) is 4. The van der Waals surface area contributed by atoms with E-state index in [1.165, 1.54) is 12.2 Å². The Labute approximate surface area is 88.8 Å². The molecule has 1 fully saturated rings. The van der Waals surface area contributed by atoms with Crippen molar-refractivity contribution in [1.29, 1.82) is 0 Å². The number of aliphatic imine (C=N–C) groups is 1. The van der Waals surface area contributed by atoms with Gasteiger partial charge in [-0.25, -0.2) is 10.8 Å². The molecule has 0 bridgehead atoms. The highest BCUT2D eigenvalue weighted by atomic mass is 32.2. The second-order valence-corrected chi connectivity index (χ2v) is 4.22. The van der Waals surface area contributed by atoms with Crippen LogP contribution in [-0.4, -0.2) is 43.8 Å². The van der Waals surface area contributed by atoms with Crippen molar-refractivity contribution >= 4 is 17.7 Å². The average molecular weight is 218 g/mol. The molecule has 0 aliphatic carbocycles. The molecule has 0 aromatic rings. The molecule has 0 radical (unpaired) electrons. The molecule has 1 saturated heterocycles. The van der Waals surface area contributed by atoms with Gasteiger partial charge in [-0.3, -0.25) is 5.43 Å². The number of hydrogen-bond donors (Lipinski definition) is 3. The highest BCUT2D eigenvalue weighted by Gasteiger charge is 2.15. The minimum Gasteiger partial charge on any atom is -0.383 e. The zero-order chi connectivity index (χ0) is 10.2. The van der Waals surface area contributed by atoms with Crippen LogP contribution in [0.15, 0.2) is 4.99 Å². The van der Waals surface area contributed by atoms with Crippen LogP contribution in [0.2, 0.25) is 0 Å². The van der Waals surface area contributed by atoms with Crippen LogP contribution < -0.4 is 16.6 Å². The third kappa shape index (κ3) is 4.17. The Morgan fingerprint density at radius 3 is 3.14 bits per heavy atom. The largest absolute Gasteiger partial charge is 0.383 e. The maximum Gasteiger partial charge on any atom is 0.206 e. The van der Waals surface area contributed by atoms with Crippen molar-refractivity contribution < 1.29 is 4.74 Å². The monoisotopic (exact) mass is 218 g/mol. The number of nitrogens with two attached hydrogens (primary N) is 1. The summed E-state index contributed by atoms with van der Waals surface area (Å²) in [5.74, 6) is 8.35. The lowest BCUT2D eigenvalue weighted by molar-refractivity contribution is 0.208. The fraction of sp³-hybridized carbons (Fsp3) is 0.875. The molecule has 1 aliphatic heterocycles. The lowest BCUT2D eigenvalue weighted by Crippen LogP contribution is -2.46. The van der Waals surface area contributed by atoms with E-state index < -0.39 is 0 Å². The summed E-state index contributed by atoms with van der Waals surface area (Å²) in [7, 11) is 1.66. The van der Waals surface area contributed by atoms with Crippen molar-refractivity contribution in [3.05, 3.63) is 0 Å². The number of methoxy groups -OCH3 is 1. The number of nitrogens with one attached hydrogen (secondary N) is 2. The molecule has 6 heteroatoms. The van der Waals surface area contributed by atoms with Gasteiger partial charge in [0.2, 0.25) is 5.96 Å². The van der Waals surface area contributed by atoms with Gasteiger partial charge in [0.25, 0.3) is 0 Å². The molecule has 5 nitrogen and oxygen atoms in total. The van der Waals surface area contributed by atoms with Gasteiger partial charge in [0.1, 0.15) is 0 Å². The third-order valence-electron chi connectivity index (χ3n) is 1.97. The minimum absolute atomic E-state index is 0.498. The summed E-state index contributed by atoms with van der Waals surface area (Å²) >= 11 is 1.95. The molecule has 1 rings (SSSR count). The molecule has 1 atom stereocenters. The van der Waals surface area contributed by atoms with E-state index in [1.807, 2.05) is 11.8 Å². The van der Waals surface area contributed by atoms with E-state index in [0.29, 0.717) is 25.2 Å². The van der Waals surface area contributed by atoms with Gasteiger partial charge >= 0.3 is 0 Å². The minimum atomic E-state index is 0.498. The van der Waals surface area contributed by atoms with Crippen LogP contribution in [0.5, 0.6) is 0 Å². The molecule has 82 valence electrons. The second kappa shape index (κ2) is 6.92. The Kier molecular flexibility index (Phi) is 5.74. The summed E-state index contributed by atoms with van der Waals surface area (Å²) < 4.78 is 4.90. The zero-order valence-corrected chi connectivity index (χ0v) is 9.27. The van der Waals surface area contributed by atoms with E-state index in [2.05, 4.69) is 15.7 Å². The first-order chi connectivity index (χ1) is 6.86. The molecule has 14 heavy (non-hydrogen) atoms. The first-order valence-electron chi connectivity index (χ1n) is 4.71. The van der Waals surface area contributed by atoms with Crippen LogP contribution in [0.25, 0.3) is 0 Å². The van der Waals surface area contributed by atoms with E-state index in [1.54, 1.807) is 7.11 Å². The highest BCUT2D eigenvalue weighted by molar-refractivity contribution is 7.99. The lowest BCUT2D eigenvalue weighted by atomic mass is 10.3. The number of ether oxygens (including phenoxy) is 1. The van der Waals surface area contributed by atoms with Gasteiger partial charge in [0, 0.05) is 18.9 Å². The molecule has 1 aliphatic rings. The van der Waals surface area contributed by atoms with Crippen molar-refractivity contribution in [1.82, 2.24) is 10.7 Å². The van der Waals surface area contributed by atoms with Gasteiger partial charge in [-0.1, -0.05) is 0 Å². The molecule has 4 N–H and O–H groups in total. The average Bonchev–Trinajstić information content (AvgIpc) is 2.69. The Balaban J connectivity index is 2.25. The fourth-order valence-electron chi connectivity index (χ4n) is 1.22. The molecule has 0 aromatic carbocycles. The van der Waals surface area contributed by atoms with Gasteiger partial charge in [-0.15, -0.1) is 0 Å². The maximum atomic E-state index is 5.34. The molecule has 1 unspecified atom stereocenters. The Morgan fingerprint density at radius 1 is 1.71 bits per heavy atom. The number of rotatable bonds is 4. The van der Waals surface area contributed by atoms with E-state index in [4.69, 9.17) is 10.6 Å². The first kappa shape index (κ1) is 11.6. The first-order valence-corrected chi connectivity index (χ1v) is 5.86. The summed E-state index contributed by atoms with van der Waals surface area (Å²) in [6, 6.07) is 0.498. The van der Waals surface area contributed by atoms with Crippen LogP contribution in [0, 0.1) is 0 Å². The quantitative estimate of drug-likeness (QED) is 0.196. The van der Waals surface area contributed by atoms with Crippen molar-refractivity contribution in [2.45, 2.75) is 12.5 Å². The number of guanidine groups is 1. The van der Waals surface area contributed by atoms with Gasteiger partial charge in [-0.05, 0) is 12.2 Å². The van der Waals surface area contributed by atoms with Crippen molar-refractivity contribution in [3.8, 4) is 0 Å². The van der Waals surface area contributed by atoms with Gasteiger partial charge < -0.3 is 10.1 Å². The number of nitrogens with zero attached hydrogens (tertiary/aromatic N) is 1. The smallest absolute Gasteiger partial charge is 0.206 e. The van der Waals surface area contributed by atoms with Crippen molar-refractivity contribution in [2.75, 3.05) is 31.8 Å². The van der Waals surface area contributed by atoms with Gasteiger partial charge in [0.05, 0.1) is 13.2 Å². The molecular formula is C8H18N4OS. The second-order valence-electron chi connectivity index (χ2n) is 3.07. The van der Waals surface area contributed by atoms with Crippen molar-refractivity contribution in [2.24, 2.45) is 10.8 Å². The molecule has 0 spiro atoms. The van der Waals surface area contributed by atoms with Gasteiger partial charge in [0.15, 0.2) is 0 Å². The van der Waals surface area contributed by atoms with E-state index in [9.17, 15) is 0 Å². The Hall–Kier alpha value is -0.460. The maximum absolute atomic E-state index is 5.34. The van der Waals surface area contributed by atoms with Crippen LogP contribution in [0.4, 0.5) is 0 Å². The predicted octanol–water partition coefficient (Wildman–Crippen LogP) is -0.453. The van der Waals surface area contributed by atoms with Crippen LogP contribution >= 0.6 is 11.8 Å². The molecule has 0 amide bonds. The zero-order valence-electron chi connectivity index (χ0n) is 8.45. The number of hydrazine groups is 1. The Morgan fingerprint density at radius 2 is 2.57 bits per heavy atom. The third-order valence-corrected chi connectivity index (χ3v) is 3.14.